The van der Waals surface area contributed by atoms with Crippen molar-refractivity contribution < 1.29 is 14.3 Å². The molecule has 2 amide bonds. The quantitative estimate of drug-likeness (QED) is 0.856. The van der Waals surface area contributed by atoms with Gasteiger partial charge in [0.25, 0.3) is 5.91 Å². The zero-order valence-electron chi connectivity index (χ0n) is 12.6. The van der Waals surface area contributed by atoms with Crippen LogP contribution in [0.4, 0.5) is 5.69 Å². The normalized spacial score (nSPS) is 17.7. The molecule has 1 aliphatic rings. The van der Waals surface area contributed by atoms with Crippen LogP contribution in [0.5, 0.6) is 5.75 Å². The highest BCUT2D eigenvalue weighted by Crippen LogP contribution is 2.32. The number of anilines is 1. The van der Waals surface area contributed by atoms with Gasteiger partial charge in [0.1, 0.15) is 5.75 Å². The zero-order chi connectivity index (χ0) is 15.6. The third-order valence-corrected chi connectivity index (χ3v) is 3.03. The van der Waals surface area contributed by atoms with Crippen molar-refractivity contribution in [2.75, 3.05) is 18.0 Å². The molecule has 0 radical (unpaired) electrons. The highest BCUT2D eigenvalue weighted by atomic mass is 16.5. The van der Waals surface area contributed by atoms with E-state index in [-0.39, 0.29) is 24.5 Å². The van der Waals surface area contributed by atoms with Crippen molar-refractivity contribution in [3.63, 3.8) is 0 Å². The van der Waals surface area contributed by atoms with Crippen molar-refractivity contribution in [3.05, 3.63) is 24.3 Å². The summed E-state index contributed by atoms with van der Waals surface area (Å²) in [5.41, 5.74) is 5.82. The molecule has 1 aliphatic heterocycles. The number of para-hydroxylation sites is 2. The van der Waals surface area contributed by atoms with Crippen LogP contribution in [0, 0.1) is 0 Å². The third kappa shape index (κ3) is 3.87. The van der Waals surface area contributed by atoms with E-state index in [4.69, 9.17) is 10.5 Å². The van der Waals surface area contributed by atoms with Crippen LogP contribution in [0.15, 0.2) is 24.3 Å². The van der Waals surface area contributed by atoms with E-state index < -0.39 is 12.0 Å². The van der Waals surface area contributed by atoms with Gasteiger partial charge in [-0.3, -0.25) is 9.59 Å². The smallest absolute Gasteiger partial charge is 0.260 e. The molecule has 3 N–H and O–H groups in total. The predicted molar refractivity (Wildman–Crippen MR) is 80.2 cm³/mol. The molecule has 0 spiro atoms. The number of rotatable bonds is 3. The summed E-state index contributed by atoms with van der Waals surface area (Å²) in [6.45, 7) is 6.18. The molecular formula is C15H21N3O3. The first kappa shape index (κ1) is 15.2. The first-order valence-corrected chi connectivity index (χ1v) is 6.87. The Balaban J connectivity index is 2.18. The summed E-state index contributed by atoms with van der Waals surface area (Å²) in [4.78, 5) is 25.3. The lowest BCUT2D eigenvalue weighted by Crippen LogP contribution is -2.52. The lowest BCUT2D eigenvalue weighted by molar-refractivity contribution is -0.125. The number of primary amides is 1. The number of hydrogen-bond donors (Lipinski definition) is 2. The minimum Gasteiger partial charge on any atom is -0.477 e. The second-order valence-electron chi connectivity index (χ2n) is 6.16. The minimum absolute atomic E-state index is 0.109. The maximum absolute atomic E-state index is 12.1. The summed E-state index contributed by atoms with van der Waals surface area (Å²) >= 11 is 0. The number of nitrogens with two attached hydrogens (primary N) is 1. The van der Waals surface area contributed by atoms with Gasteiger partial charge in [-0.25, -0.2) is 0 Å². The van der Waals surface area contributed by atoms with E-state index >= 15 is 0 Å². The number of hydrogen-bond acceptors (Lipinski definition) is 4. The number of fused-ring (bicyclic) bond motifs is 1. The van der Waals surface area contributed by atoms with Gasteiger partial charge in [-0.15, -0.1) is 0 Å². The molecule has 1 atom stereocenters. The highest BCUT2D eigenvalue weighted by molar-refractivity contribution is 5.85. The van der Waals surface area contributed by atoms with Gasteiger partial charge in [0, 0.05) is 5.54 Å². The van der Waals surface area contributed by atoms with E-state index in [1.807, 2.05) is 43.9 Å². The monoisotopic (exact) mass is 291 g/mol. The standard InChI is InChI=1S/C15H21N3O3/c1-15(2,3)17-13(19)9-18-8-12(14(16)20)21-11-7-5-4-6-10(11)18/h4-7,12H,8-9H2,1-3H3,(H2,16,20)(H,17,19). The van der Waals surface area contributed by atoms with Gasteiger partial charge in [0.05, 0.1) is 18.8 Å². The summed E-state index contributed by atoms with van der Waals surface area (Å²) in [5, 5.41) is 2.90. The van der Waals surface area contributed by atoms with Crippen molar-refractivity contribution in [3.8, 4) is 5.75 Å². The maximum Gasteiger partial charge on any atom is 0.260 e. The highest BCUT2D eigenvalue weighted by Gasteiger charge is 2.30. The van der Waals surface area contributed by atoms with Crippen LogP contribution >= 0.6 is 0 Å². The minimum atomic E-state index is -0.748. The topological polar surface area (TPSA) is 84.7 Å². The van der Waals surface area contributed by atoms with Crippen LogP contribution in [-0.2, 0) is 9.59 Å². The van der Waals surface area contributed by atoms with Crippen LogP contribution in [0.25, 0.3) is 0 Å². The van der Waals surface area contributed by atoms with Crippen LogP contribution in [-0.4, -0.2) is 36.5 Å². The molecule has 0 saturated carbocycles. The first-order valence-electron chi connectivity index (χ1n) is 6.87. The van der Waals surface area contributed by atoms with Crippen LogP contribution in [0.2, 0.25) is 0 Å². The number of benzene rings is 1. The summed E-state index contributed by atoms with van der Waals surface area (Å²) in [5.74, 6) is -0.0794. The molecule has 114 valence electrons. The average molecular weight is 291 g/mol. The number of carbonyl (C=O) groups excluding carboxylic acids is 2. The van der Waals surface area contributed by atoms with Gasteiger partial charge in [-0.1, -0.05) is 12.1 Å². The molecular weight excluding hydrogens is 270 g/mol. The summed E-state index contributed by atoms with van der Waals surface area (Å²) < 4.78 is 5.56. The molecule has 1 aromatic rings. The maximum atomic E-state index is 12.1. The van der Waals surface area contributed by atoms with Gasteiger partial charge in [-0.2, -0.15) is 0 Å². The van der Waals surface area contributed by atoms with Gasteiger partial charge in [-0.05, 0) is 32.9 Å². The van der Waals surface area contributed by atoms with E-state index in [0.29, 0.717) is 5.75 Å². The van der Waals surface area contributed by atoms with Crippen molar-refractivity contribution in [2.24, 2.45) is 5.73 Å². The summed E-state index contributed by atoms with van der Waals surface area (Å²) in [6.07, 6.45) is -0.748. The molecule has 1 unspecified atom stereocenters. The Kier molecular flexibility index (Phi) is 4.06. The number of amides is 2. The second kappa shape index (κ2) is 5.63. The SMILES string of the molecule is CC(C)(C)NC(=O)CN1CC(C(N)=O)Oc2ccccc21. The first-order chi connectivity index (χ1) is 9.76. The second-order valence-corrected chi connectivity index (χ2v) is 6.16. The fourth-order valence-corrected chi connectivity index (χ4v) is 2.24. The Morgan fingerprint density at radius 1 is 1.38 bits per heavy atom. The molecule has 0 saturated heterocycles. The van der Waals surface area contributed by atoms with Crippen molar-refractivity contribution in [2.45, 2.75) is 32.4 Å². The van der Waals surface area contributed by atoms with Crippen LogP contribution in [0.3, 0.4) is 0 Å². The lowest BCUT2D eigenvalue weighted by atomic mass is 10.1. The van der Waals surface area contributed by atoms with E-state index in [9.17, 15) is 9.59 Å². The summed E-state index contributed by atoms with van der Waals surface area (Å²) in [7, 11) is 0. The van der Waals surface area contributed by atoms with E-state index in [0.717, 1.165) is 5.69 Å². The zero-order valence-corrected chi connectivity index (χ0v) is 12.6. The molecule has 6 nitrogen and oxygen atoms in total. The Morgan fingerprint density at radius 2 is 2.05 bits per heavy atom. The molecule has 21 heavy (non-hydrogen) atoms. The van der Waals surface area contributed by atoms with E-state index in [1.165, 1.54) is 0 Å². The van der Waals surface area contributed by atoms with Crippen molar-refractivity contribution in [1.82, 2.24) is 5.32 Å². The van der Waals surface area contributed by atoms with Crippen LogP contribution in [0.1, 0.15) is 20.8 Å². The van der Waals surface area contributed by atoms with Gasteiger partial charge >= 0.3 is 0 Å². The third-order valence-electron chi connectivity index (χ3n) is 3.03. The lowest BCUT2D eigenvalue weighted by Gasteiger charge is -2.35. The molecule has 0 fully saturated rings. The fourth-order valence-electron chi connectivity index (χ4n) is 2.24. The van der Waals surface area contributed by atoms with Crippen LogP contribution < -0.4 is 20.7 Å². The number of nitrogens with one attached hydrogen (secondary N) is 1. The summed E-state index contributed by atoms with van der Waals surface area (Å²) in [6, 6.07) is 7.30. The molecule has 0 aliphatic carbocycles. The van der Waals surface area contributed by atoms with Crippen molar-refractivity contribution in [1.29, 1.82) is 0 Å². The molecule has 2 rings (SSSR count). The van der Waals surface area contributed by atoms with Crippen molar-refractivity contribution >= 4 is 17.5 Å². The average Bonchev–Trinajstić information content (AvgIpc) is 2.36. The fraction of sp³-hybridized carbons (Fsp3) is 0.467. The molecule has 0 bridgehead atoms. The van der Waals surface area contributed by atoms with Gasteiger partial charge in [0.15, 0.2) is 6.10 Å². The molecule has 1 heterocycles. The Labute approximate surface area is 124 Å². The molecule has 0 aromatic heterocycles. The number of carbonyl (C=O) groups is 2. The Hall–Kier alpha value is -2.24. The van der Waals surface area contributed by atoms with Gasteiger partial charge < -0.3 is 20.7 Å². The largest absolute Gasteiger partial charge is 0.477 e. The predicted octanol–water partition coefficient (Wildman–Crippen LogP) is 0.654. The Bertz CT molecular complexity index is 551. The molecule has 6 heteroatoms. The Morgan fingerprint density at radius 3 is 2.67 bits per heavy atom. The van der Waals surface area contributed by atoms with E-state index in [2.05, 4.69) is 5.32 Å². The number of nitrogens with zero attached hydrogens (tertiary/aromatic N) is 1. The number of ether oxygens (including phenoxy) is 1. The van der Waals surface area contributed by atoms with E-state index in [1.54, 1.807) is 6.07 Å². The van der Waals surface area contributed by atoms with Gasteiger partial charge in [0.2, 0.25) is 5.91 Å². The molecule has 1 aromatic carbocycles.